The summed E-state index contributed by atoms with van der Waals surface area (Å²) in [7, 11) is -5.03. The second-order valence-electron chi connectivity index (χ2n) is 12.6. The summed E-state index contributed by atoms with van der Waals surface area (Å²) in [6.07, 6.45) is 2.43. The number of amides is 2. The summed E-state index contributed by atoms with van der Waals surface area (Å²) in [5, 5.41) is 33.7. The molecule has 2 aromatic rings. The molecule has 266 valence electrons. The van der Waals surface area contributed by atoms with Gasteiger partial charge >= 0.3 is 16.4 Å². The molecule has 8 N–H and O–H groups in total. The van der Waals surface area contributed by atoms with Crippen LogP contribution in [0.3, 0.4) is 0 Å². The van der Waals surface area contributed by atoms with E-state index in [0.717, 1.165) is 49.3 Å². The Kier molecular flexibility index (Phi) is 10.2. The molecule has 0 spiro atoms. The first kappa shape index (κ1) is 35.9. The molecule has 18 nitrogen and oxygen atoms in total. The van der Waals surface area contributed by atoms with Gasteiger partial charge in [-0.25, -0.2) is 9.78 Å². The van der Waals surface area contributed by atoms with Crippen LogP contribution in [0.15, 0.2) is 28.7 Å². The van der Waals surface area contributed by atoms with E-state index in [4.69, 9.17) is 25.3 Å². The van der Waals surface area contributed by atoms with Gasteiger partial charge in [-0.2, -0.15) is 13.5 Å². The monoisotopic (exact) mass is 722 g/mol. The van der Waals surface area contributed by atoms with Crippen LogP contribution in [0.2, 0.25) is 0 Å². The largest absolute Gasteiger partial charge is 0.485 e. The van der Waals surface area contributed by atoms with Crippen molar-refractivity contribution in [1.29, 1.82) is 5.41 Å². The number of hydroxylamine groups is 2. The summed E-state index contributed by atoms with van der Waals surface area (Å²) in [5.74, 6) is -2.73. The highest BCUT2D eigenvalue weighted by Crippen LogP contribution is 2.35. The van der Waals surface area contributed by atoms with E-state index in [9.17, 15) is 27.9 Å². The first-order chi connectivity index (χ1) is 23.0. The number of carboxylic acid groups (broad SMARTS) is 1. The van der Waals surface area contributed by atoms with Gasteiger partial charge in [-0.1, -0.05) is 5.16 Å². The minimum Gasteiger partial charge on any atom is -0.485 e. The van der Waals surface area contributed by atoms with Gasteiger partial charge in [-0.05, 0) is 89.7 Å². The number of nitrogens with two attached hydrogens (primary N) is 1. The number of carboxylic acids is 1. The third kappa shape index (κ3) is 7.77. The number of nitrogen functional groups attached to an aromatic ring is 1. The molecule has 5 rings (SSSR count). The van der Waals surface area contributed by atoms with Crippen molar-refractivity contribution < 1.29 is 46.3 Å². The molecule has 1 aromatic heterocycles. The highest BCUT2D eigenvalue weighted by atomic mass is 32.3. The number of nitrogens with one attached hydrogen (secondary N) is 4. The lowest BCUT2D eigenvalue weighted by Crippen LogP contribution is -2.76. The number of ether oxygens (including phenoxy) is 1. The number of β-lactam (4-membered cyclic amide) rings is 1. The van der Waals surface area contributed by atoms with Gasteiger partial charge in [0.1, 0.15) is 23.3 Å². The second kappa shape index (κ2) is 13.9. The molecule has 2 saturated heterocycles. The molecule has 20 heteroatoms. The number of fused-ring (bicyclic) bond motifs is 1. The van der Waals surface area contributed by atoms with Crippen LogP contribution in [0.1, 0.15) is 63.3 Å². The van der Waals surface area contributed by atoms with Gasteiger partial charge in [0.15, 0.2) is 16.9 Å². The van der Waals surface area contributed by atoms with Gasteiger partial charge in [0, 0.05) is 17.0 Å². The number of carbonyl (C=O) groups is 3. The molecule has 1 aromatic carbocycles. The zero-order valence-corrected chi connectivity index (χ0v) is 28.5. The number of carbonyl (C=O) groups excluding carboxylic acids is 2. The van der Waals surface area contributed by atoms with Crippen LogP contribution in [0.5, 0.6) is 5.75 Å². The number of amidine groups is 1. The van der Waals surface area contributed by atoms with E-state index in [1.54, 1.807) is 12.1 Å². The zero-order chi connectivity index (χ0) is 35.7. The minimum atomic E-state index is -5.03. The SMILES string of the molecule is CC(O/N=C(\C(=O)N[C@@H]1C(=O)N(OS(=O)(=O)O)C1(C)C)c1csc(N)n1)(C(=O)O)[C@H]1CCc2cc(C(=N)N[C@@H]3CCCNCC3)ccc2O1. The fourth-order valence-electron chi connectivity index (χ4n) is 5.78. The highest BCUT2D eigenvalue weighted by molar-refractivity contribution is 7.80. The Morgan fingerprint density at radius 2 is 2.02 bits per heavy atom. The van der Waals surface area contributed by atoms with Crippen LogP contribution in [0.4, 0.5) is 5.13 Å². The van der Waals surface area contributed by atoms with Crippen molar-refractivity contribution in [2.24, 2.45) is 5.16 Å². The summed E-state index contributed by atoms with van der Waals surface area (Å²) < 4.78 is 41.8. The van der Waals surface area contributed by atoms with Crippen LogP contribution in [0, 0.1) is 5.41 Å². The number of aromatic nitrogens is 1. The molecular formula is C29H38N8O10S2. The molecule has 3 aliphatic heterocycles. The van der Waals surface area contributed by atoms with Crippen molar-refractivity contribution in [3.63, 3.8) is 0 Å². The fourth-order valence-corrected chi connectivity index (χ4v) is 6.78. The number of nitrogens with zero attached hydrogens (tertiary/aromatic N) is 3. The standard InChI is InChI=1S/C29H38N8O10S2/c1-28(2)22(25(39)37(28)47-49(42,43)44)35-24(38)21(18-14-48-27(31)34-18)36-46-29(3,26(40)41)20-9-7-15-13-16(6-8-19(15)45-20)23(30)33-17-5-4-11-32-12-10-17/h6,8,13-14,17,20,22,32H,4-5,7,9-12H2,1-3H3,(H2,30,33)(H2,31,34)(H,35,38)(H,40,41)(H,42,43,44)/b36-21-/t17-,20-,22-,29?/m1/s1. The Balaban J connectivity index is 1.32. The number of oxime groups is 1. The molecule has 1 unspecified atom stereocenters. The molecule has 3 aliphatic rings. The van der Waals surface area contributed by atoms with Gasteiger partial charge < -0.3 is 36.4 Å². The van der Waals surface area contributed by atoms with Crippen LogP contribution >= 0.6 is 11.3 Å². The number of hydrogen-bond donors (Lipinski definition) is 7. The van der Waals surface area contributed by atoms with Crippen molar-refractivity contribution >= 4 is 56.2 Å². The molecule has 49 heavy (non-hydrogen) atoms. The Labute approximate surface area is 285 Å². The minimum absolute atomic E-state index is 0.0605. The Morgan fingerprint density at radius 1 is 1.27 bits per heavy atom. The number of benzene rings is 1. The van der Waals surface area contributed by atoms with Crippen LogP contribution < -0.4 is 26.4 Å². The lowest BCUT2D eigenvalue weighted by Gasteiger charge is -2.50. The van der Waals surface area contributed by atoms with Crippen molar-refractivity contribution in [3.05, 3.63) is 40.4 Å². The molecule has 0 saturated carbocycles. The average molecular weight is 723 g/mol. The van der Waals surface area contributed by atoms with E-state index in [1.807, 2.05) is 6.07 Å². The highest BCUT2D eigenvalue weighted by Gasteiger charge is 2.58. The molecule has 0 bridgehead atoms. The lowest BCUT2D eigenvalue weighted by molar-refractivity contribution is -0.218. The number of anilines is 1. The van der Waals surface area contributed by atoms with Crippen molar-refractivity contribution in [2.45, 2.75) is 82.2 Å². The summed E-state index contributed by atoms with van der Waals surface area (Å²) in [6.45, 7) is 5.83. The topological polar surface area (TPSA) is 268 Å². The lowest BCUT2D eigenvalue weighted by atomic mass is 9.84. The molecule has 0 radical (unpaired) electrons. The summed E-state index contributed by atoms with van der Waals surface area (Å²) in [6, 6.07) is 4.10. The van der Waals surface area contributed by atoms with E-state index in [-0.39, 0.29) is 23.3 Å². The van der Waals surface area contributed by atoms with Gasteiger partial charge in [0.05, 0.1) is 5.54 Å². The molecule has 2 amide bonds. The first-order valence-corrected chi connectivity index (χ1v) is 17.6. The zero-order valence-electron chi connectivity index (χ0n) is 26.9. The number of hydrogen-bond acceptors (Lipinski definition) is 14. The third-order valence-corrected chi connectivity index (χ3v) is 9.70. The quantitative estimate of drug-likeness (QED) is 0.0550. The summed E-state index contributed by atoms with van der Waals surface area (Å²) >= 11 is 0.967. The van der Waals surface area contributed by atoms with E-state index >= 15 is 0 Å². The van der Waals surface area contributed by atoms with Gasteiger partial charge in [-0.15, -0.1) is 15.6 Å². The smallest absolute Gasteiger partial charge is 0.418 e. The van der Waals surface area contributed by atoms with E-state index in [2.05, 4.69) is 30.4 Å². The predicted molar refractivity (Wildman–Crippen MR) is 175 cm³/mol. The van der Waals surface area contributed by atoms with Gasteiger partial charge in [0.2, 0.25) is 0 Å². The van der Waals surface area contributed by atoms with Crippen molar-refractivity contribution in [3.8, 4) is 5.75 Å². The maximum atomic E-state index is 13.5. The predicted octanol–water partition coefficient (Wildman–Crippen LogP) is 0.580. The number of aliphatic carboxylic acids is 1. The van der Waals surface area contributed by atoms with Crippen molar-refractivity contribution in [2.75, 3.05) is 18.8 Å². The maximum absolute atomic E-state index is 13.5. The molecular weight excluding hydrogens is 684 g/mol. The Morgan fingerprint density at radius 3 is 2.67 bits per heavy atom. The first-order valence-electron chi connectivity index (χ1n) is 15.4. The van der Waals surface area contributed by atoms with E-state index in [1.165, 1.54) is 26.2 Å². The van der Waals surface area contributed by atoms with Crippen LogP contribution in [-0.4, -0.2) is 99.9 Å². The maximum Gasteiger partial charge on any atom is 0.418 e. The average Bonchev–Trinajstić information content (AvgIpc) is 3.30. The number of rotatable bonds is 11. The third-order valence-electron chi connectivity index (χ3n) is 8.68. The molecule has 4 atom stereocenters. The number of thiazole rings is 1. The van der Waals surface area contributed by atoms with E-state index < -0.39 is 57.2 Å². The molecule has 2 fully saturated rings. The summed E-state index contributed by atoms with van der Waals surface area (Å²) in [5.41, 5.74) is 3.08. The van der Waals surface area contributed by atoms with Crippen molar-refractivity contribution in [1.82, 2.24) is 26.0 Å². The second-order valence-corrected chi connectivity index (χ2v) is 14.5. The normalized spacial score (nSPS) is 23.5. The van der Waals surface area contributed by atoms with Gasteiger partial charge in [-0.3, -0.25) is 19.6 Å². The Hall–Kier alpha value is -4.37. The molecule has 0 aliphatic carbocycles. The van der Waals surface area contributed by atoms with Crippen LogP contribution in [-0.2, 0) is 40.3 Å². The Bertz CT molecular complexity index is 1770. The van der Waals surface area contributed by atoms with Gasteiger partial charge in [0.25, 0.3) is 17.4 Å². The fraction of sp³-hybridized carbons (Fsp3) is 0.517. The number of aryl methyl sites for hydroxylation is 1. The van der Waals surface area contributed by atoms with E-state index in [0.29, 0.717) is 28.6 Å². The summed E-state index contributed by atoms with van der Waals surface area (Å²) in [4.78, 5) is 48.4. The molecule has 4 heterocycles. The van der Waals surface area contributed by atoms with Crippen LogP contribution in [0.25, 0.3) is 0 Å².